The quantitative estimate of drug-likeness (QED) is 0.534. The van der Waals surface area contributed by atoms with Gasteiger partial charge in [-0.05, 0) is 42.0 Å². The van der Waals surface area contributed by atoms with Gasteiger partial charge in [0.25, 0.3) is 0 Å². The number of aliphatic carboxylic acids is 1. The Morgan fingerprint density at radius 1 is 1.15 bits per heavy atom. The first-order chi connectivity index (χ1) is 12.3. The third-order valence-electron chi connectivity index (χ3n) is 4.19. The molecule has 0 bridgehead atoms. The summed E-state index contributed by atoms with van der Waals surface area (Å²) >= 11 is 0. The van der Waals surface area contributed by atoms with Crippen molar-refractivity contribution in [3.63, 3.8) is 0 Å². The summed E-state index contributed by atoms with van der Waals surface area (Å²) in [5.74, 6) is 0.555. The molecule has 1 atom stereocenters. The average molecular weight is 357 g/mol. The van der Waals surface area contributed by atoms with Crippen LogP contribution in [-0.2, 0) is 9.45 Å². The van der Waals surface area contributed by atoms with Crippen LogP contribution in [0.1, 0.15) is 18.1 Å². The van der Waals surface area contributed by atoms with Crippen LogP contribution >= 0.6 is 0 Å². The molecule has 0 amide bonds. The molecule has 3 N–H and O–H groups in total. The minimum absolute atomic E-state index is 0.0705. The molecule has 0 spiro atoms. The third kappa shape index (κ3) is 3.57. The summed E-state index contributed by atoms with van der Waals surface area (Å²) in [7, 11) is 1.57. The van der Waals surface area contributed by atoms with Gasteiger partial charge in [0.2, 0.25) is 0 Å². The molecule has 26 heavy (non-hydrogen) atoms. The number of carboxylic acid groups (broad SMARTS) is 1. The number of benzene rings is 2. The highest BCUT2D eigenvalue weighted by Crippen LogP contribution is 2.35. The molecular formula is C18H18BO7-. The average Bonchev–Trinajstić information content (AvgIpc) is 2.85. The van der Waals surface area contributed by atoms with Crippen LogP contribution in [0.15, 0.2) is 54.6 Å². The monoisotopic (exact) mass is 357 g/mol. The van der Waals surface area contributed by atoms with Crippen LogP contribution in [0.4, 0.5) is 0 Å². The van der Waals surface area contributed by atoms with Crippen LogP contribution in [0, 0.1) is 0 Å². The van der Waals surface area contributed by atoms with Crippen molar-refractivity contribution in [2.45, 2.75) is 12.5 Å². The molecule has 1 aliphatic heterocycles. The number of hydrogen-bond acceptors (Lipinski definition) is 6. The van der Waals surface area contributed by atoms with Gasteiger partial charge in [0.15, 0.2) is 0 Å². The number of rotatable bonds is 6. The zero-order valence-electron chi connectivity index (χ0n) is 14.1. The van der Waals surface area contributed by atoms with Gasteiger partial charge in [-0.15, -0.1) is 5.46 Å². The Balaban J connectivity index is 1.87. The second kappa shape index (κ2) is 6.83. The van der Waals surface area contributed by atoms with Crippen molar-refractivity contribution >= 4 is 18.2 Å². The highest BCUT2D eigenvalue weighted by molar-refractivity contribution is 6.74. The van der Waals surface area contributed by atoms with E-state index < -0.39 is 18.8 Å². The minimum Gasteiger partial charge on any atom is -0.556 e. The van der Waals surface area contributed by atoms with E-state index in [1.165, 1.54) is 6.07 Å². The van der Waals surface area contributed by atoms with Crippen LogP contribution in [-0.4, -0.2) is 35.0 Å². The summed E-state index contributed by atoms with van der Waals surface area (Å²) in [4.78, 5) is 11.0. The first-order valence-electron chi connectivity index (χ1n) is 7.94. The van der Waals surface area contributed by atoms with Gasteiger partial charge in [0.1, 0.15) is 17.2 Å². The van der Waals surface area contributed by atoms with Crippen molar-refractivity contribution in [2.24, 2.45) is 0 Å². The lowest BCUT2D eigenvalue weighted by Crippen LogP contribution is -2.47. The highest BCUT2D eigenvalue weighted by atomic mass is 16.6. The maximum Gasteiger partial charge on any atom is 0.405 e. The molecule has 136 valence electrons. The predicted octanol–water partition coefficient (Wildman–Crippen LogP) is 1.72. The highest BCUT2D eigenvalue weighted by Gasteiger charge is 2.38. The summed E-state index contributed by atoms with van der Waals surface area (Å²) in [5, 5.41) is 29.1. The van der Waals surface area contributed by atoms with E-state index in [0.29, 0.717) is 22.8 Å². The van der Waals surface area contributed by atoms with Crippen LogP contribution in [0.2, 0.25) is 0 Å². The van der Waals surface area contributed by atoms with Gasteiger partial charge in [0, 0.05) is 18.1 Å². The fourth-order valence-electron chi connectivity index (χ4n) is 2.86. The van der Waals surface area contributed by atoms with Gasteiger partial charge in [-0.2, -0.15) is 0 Å². The van der Waals surface area contributed by atoms with Gasteiger partial charge in [0.05, 0.1) is 7.11 Å². The molecule has 2 aromatic rings. The largest absolute Gasteiger partial charge is 0.556 e. The van der Waals surface area contributed by atoms with Crippen molar-refractivity contribution in [2.75, 3.05) is 7.11 Å². The molecule has 7 nitrogen and oxygen atoms in total. The van der Waals surface area contributed by atoms with Crippen molar-refractivity contribution in [1.82, 2.24) is 0 Å². The SMILES string of the molecule is C=C(C[C@H]1O[B-](O)(O)c2ccc(Oc3ccc(OC)cc3)cc21)C(=O)O. The molecular weight excluding hydrogens is 339 g/mol. The lowest BCUT2D eigenvalue weighted by atomic mass is 9.70. The van der Waals surface area contributed by atoms with E-state index in [2.05, 4.69) is 6.58 Å². The lowest BCUT2D eigenvalue weighted by Gasteiger charge is -2.25. The molecule has 8 heteroatoms. The van der Waals surface area contributed by atoms with Gasteiger partial charge in [-0.1, -0.05) is 12.6 Å². The van der Waals surface area contributed by atoms with Crippen LogP contribution in [0.5, 0.6) is 17.2 Å². The van der Waals surface area contributed by atoms with Gasteiger partial charge >= 0.3 is 12.7 Å². The maximum absolute atomic E-state index is 11.0. The zero-order valence-corrected chi connectivity index (χ0v) is 14.1. The standard InChI is InChI=1S/C18H18BO7/c1-11(18(20)21)9-17-15-10-14(7-8-16(15)19(22,23)26-17)25-13-5-3-12(24-2)4-6-13/h3-8,10,17,22-23H,1,9H2,2H3,(H,20,21)/q-1/t17-/m1/s1. The Morgan fingerprint density at radius 2 is 1.77 bits per heavy atom. The Morgan fingerprint density at radius 3 is 2.38 bits per heavy atom. The fourth-order valence-corrected chi connectivity index (χ4v) is 2.86. The molecule has 0 saturated heterocycles. The predicted molar refractivity (Wildman–Crippen MR) is 94.6 cm³/mol. The van der Waals surface area contributed by atoms with E-state index in [1.807, 2.05) is 0 Å². The number of ether oxygens (including phenoxy) is 2. The van der Waals surface area contributed by atoms with E-state index >= 15 is 0 Å². The van der Waals surface area contributed by atoms with Crippen molar-refractivity contribution < 1.29 is 34.1 Å². The van der Waals surface area contributed by atoms with E-state index in [4.69, 9.17) is 19.2 Å². The molecule has 0 aliphatic carbocycles. The van der Waals surface area contributed by atoms with Crippen molar-refractivity contribution in [3.05, 3.63) is 60.2 Å². The molecule has 0 radical (unpaired) electrons. The van der Waals surface area contributed by atoms with Crippen LogP contribution in [0.25, 0.3) is 0 Å². The van der Waals surface area contributed by atoms with Gasteiger partial charge in [-0.3, -0.25) is 0 Å². The Bertz CT molecular complexity index is 845. The first kappa shape index (κ1) is 18.0. The minimum atomic E-state index is -3.20. The van der Waals surface area contributed by atoms with E-state index in [-0.39, 0.29) is 17.5 Å². The summed E-state index contributed by atoms with van der Waals surface area (Å²) in [6.45, 7) is 0.271. The first-order valence-corrected chi connectivity index (χ1v) is 7.94. The fraction of sp³-hybridized carbons (Fsp3) is 0.167. The number of fused-ring (bicyclic) bond motifs is 1. The number of carboxylic acids is 1. The second-order valence-electron chi connectivity index (χ2n) is 6.01. The summed E-state index contributed by atoms with van der Waals surface area (Å²) in [6.07, 6.45) is -0.901. The molecule has 0 fully saturated rings. The van der Waals surface area contributed by atoms with E-state index in [0.717, 1.165) is 0 Å². The lowest BCUT2D eigenvalue weighted by molar-refractivity contribution is -0.133. The Kier molecular flexibility index (Phi) is 4.73. The van der Waals surface area contributed by atoms with Crippen LogP contribution in [0.3, 0.4) is 0 Å². The molecule has 0 aromatic heterocycles. The Hall–Kier alpha value is -2.81. The number of hydrogen-bond donors (Lipinski definition) is 3. The molecule has 3 rings (SSSR count). The molecule has 0 unspecified atom stereocenters. The zero-order chi connectivity index (χ0) is 18.9. The molecule has 1 heterocycles. The molecule has 1 aliphatic rings. The maximum atomic E-state index is 11.0. The van der Waals surface area contributed by atoms with Crippen LogP contribution < -0.4 is 14.9 Å². The third-order valence-corrected chi connectivity index (χ3v) is 4.19. The molecule has 0 saturated carbocycles. The van der Waals surface area contributed by atoms with Crippen molar-refractivity contribution in [3.8, 4) is 17.2 Å². The molecule has 2 aromatic carbocycles. The van der Waals surface area contributed by atoms with Crippen molar-refractivity contribution in [1.29, 1.82) is 0 Å². The van der Waals surface area contributed by atoms with Gasteiger partial charge < -0.3 is 29.3 Å². The summed E-state index contributed by atoms with van der Waals surface area (Å²) < 4.78 is 16.1. The van der Waals surface area contributed by atoms with E-state index in [9.17, 15) is 14.8 Å². The topological polar surface area (TPSA) is 105 Å². The summed E-state index contributed by atoms with van der Waals surface area (Å²) in [5.41, 5.74) is 0.578. The number of methoxy groups -OCH3 is 1. The van der Waals surface area contributed by atoms with E-state index in [1.54, 1.807) is 43.5 Å². The summed E-state index contributed by atoms with van der Waals surface area (Å²) in [6, 6.07) is 11.7. The number of carbonyl (C=O) groups is 1. The Labute approximate surface area is 150 Å². The smallest absolute Gasteiger partial charge is 0.405 e. The second-order valence-corrected chi connectivity index (χ2v) is 6.01. The normalized spacial score (nSPS) is 17.4. The van der Waals surface area contributed by atoms with Gasteiger partial charge in [-0.25, -0.2) is 4.79 Å².